The summed E-state index contributed by atoms with van der Waals surface area (Å²) in [6, 6.07) is 3.19. The van der Waals surface area contributed by atoms with Gasteiger partial charge in [-0.3, -0.25) is 9.78 Å². The van der Waals surface area contributed by atoms with Crippen LogP contribution in [0.2, 0.25) is 0 Å². The van der Waals surface area contributed by atoms with Crippen LogP contribution in [-0.2, 0) is 16.0 Å². The fourth-order valence-corrected chi connectivity index (χ4v) is 5.98. The molecular formula is C15H13F3N2O3S2. The van der Waals surface area contributed by atoms with E-state index in [4.69, 9.17) is 0 Å². The number of nitrogens with zero attached hydrogens (tertiary/aromatic N) is 1. The Morgan fingerprint density at radius 1 is 1.36 bits per heavy atom. The van der Waals surface area contributed by atoms with E-state index in [-0.39, 0.29) is 10.6 Å². The molecule has 0 saturated carbocycles. The van der Waals surface area contributed by atoms with E-state index in [1.807, 2.05) is 0 Å². The summed E-state index contributed by atoms with van der Waals surface area (Å²) in [6.45, 7) is 1.52. The Balaban J connectivity index is 1.94. The number of rotatable bonds is 2. The van der Waals surface area contributed by atoms with E-state index in [1.165, 1.54) is 13.0 Å². The molecule has 1 N–H and O–H groups in total. The second-order valence-corrected chi connectivity index (χ2v) is 9.16. The molecule has 0 fully saturated rings. The number of hydrogen-bond donors (Lipinski definition) is 1. The van der Waals surface area contributed by atoms with Crippen molar-refractivity contribution in [2.75, 3.05) is 0 Å². The number of alkyl halides is 3. The molecule has 5 nitrogen and oxygen atoms in total. The van der Waals surface area contributed by atoms with E-state index in [0.717, 1.165) is 23.6 Å². The van der Waals surface area contributed by atoms with Crippen molar-refractivity contribution in [1.82, 2.24) is 10.3 Å². The molecule has 0 saturated heterocycles. The zero-order valence-corrected chi connectivity index (χ0v) is 14.5. The van der Waals surface area contributed by atoms with Crippen LogP contribution in [-0.4, -0.2) is 24.6 Å². The fraction of sp³-hybridized carbons (Fsp3) is 0.333. The van der Waals surface area contributed by atoms with Gasteiger partial charge < -0.3 is 5.32 Å². The zero-order chi connectivity index (χ0) is 18.4. The van der Waals surface area contributed by atoms with Gasteiger partial charge in [-0.05, 0) is 36.9 Å². The van der Waals surface area contributed by atoms with Gasteiger partial charge in [0.05, 0.1) is 16.9 Å². The number of pyridine rings is 1. The van der Waals surface area contributed by atoms with Crippen molar-refractivity contribution in [1.29, 1.82) is 0 Å². The van der Waals surface area contributed by atoms with Crippen molar-refractivity contribution < 1.29 is 26.4 Å². The third-order valence-corrected chi connectivity index (χ3v) is 7.73. The predicted octanol–water partition coefficient (Wildman–Crippen LogP) is 3.20. The minimum Gasteiger partial charge on any atom is -0.345 e. The highest BCUT2D eigenvalue weighted by molar-refractivity contribution is 7.94. The molecule has 1 aliphatic heterocycles. The van der Waals surface area contributed by atoms with Crippen molar-refractivity contribution in [3.63, 3.8) is 0 Å². The number of aromatic nitrogens is 1. The van der Waals surface area contributed by atoms with Crippen molar-refractivity contribution in [2.45, 2.75) is 35.0 Å². The molecule has 0 spiro atoms. The van der Waals surface area contributed by atoms with Crippen LogP contribution in [0.5, 0.6) is 0 Å². The van der Waals surface area contributed by atoms with Crippen LogP contribution >= 0.6 is 11.3 Å². The lowest BCUT2D eigenvalue weighted by Gasteiger charge is -2.28. The van der Waals surface area contributed by atoms with Gasteiger partial charge in [0.25, 0.3) is 5.91 Å². The maximum atomic E-state index is 13.0. The summed E-state index contributed by atoms with van der Waals surface area (Å²) < 4.78 is 63.8. The monoisotopic (exact) mass is 390 g/mol. The molecule has 1 aliphatic rings. The third-order valence-electron chi connectivity index (χ3n) is 4.02. The average Bonchev–Trinajstić information content (AvgIpc) is 3.03. The SMILES string of the molecule is C[C@H]1C[C@H](NC(=O)c2cccnc2C(F)(F)F)c2ccsc2S1(=O)=O. The molecule has 0 aliphatic carbocycles. The van der Waals surface area contributed by atoms with Gasteiger partial charge in [0.15, 0.2) is 15.5 Å². The van der Waals surface area contributed by atoms with Crippen molar-refractivity contribution >= 4 is 27.1 Å². The number of fused-ring (bicyclic) bond motifs is 1. The molecule has 2 atom stereocenters. The molecule has 10 heteroatoms. The number of halogens is 3. The summed E-state index contributed by atoms with van der Waals surface area (Å²) in [6.07, 6.45) is -3.70. The number of thiophene rings is 1. The Morgan fingerprint density at radius 2 is 2.08 bits per heavy atom. The van der Waals surface area contributed by atoms with Crippen molar-refractivity contribution in [2.24, 2.45) is 0 Å². The van der Waals surface area contributed by atoms with Gasteiger partial charge in [0.2, 0.25) is 0 Å². The van der Waals surface area contributed by atoms with Crippen LogP contribution in [0.15, 0.2) is 34.0 Å². The Hall–Kier alpha value is -1.94. The number of carbonyl (C=O) groups excluding carboxylic acids is 1. The molecule has 25 heavy (non-hydrogen) atoms. The maximum absolute atomic E-state index is 13.0. The first-order valence-electron chi connectivity index (χ1n) is 7.26. The predicted molar refractivity (Wildman–Crippen MR) is 85.0 cm³/mol. The summed E-state index contributed by atoms with van der Waals surface area (Å²) in [5.74, 6) is -0.936. The van der Waals surface area contributed by atoms with Crippen LogP contribution in [0.25, 0.3) is 0 Å². The molecule has 2 aromatic rings. The number of amides is 1. The minimum atomic E-state index is -4.76. The summed E-state index contributed by atoms with van der Waals surface area (Å²) in [5, 5.41) is 3.37. The molecule has 3 rings (SSSR count). The molecular weight excluding hydrogens is 377 g/mol. The van der Waals surface area contributed by atoms with Gasteiger partial charge in [0, 0.05) is 11.8 Å². The van der Waals surface area contributed by atoms with Crippen LogP contribution in [0.4, 0.5) is 13.2 Å². The van der Waals surface area contributed by atoms with E-state index >= 15 is 0 Å². The quantitative estimate of drug-likeness (QED) is 0.854. The lowest BCUT2D eigenvalue weighted by Crippen LogP contribution is -2.37. The number of nitrogens with one attached hydrogen (secondary N) is 1. The highest BCUT2D eigenvalue weighted by atomic mass is 32.2. The average molecular weight is 390 g/mol. The fourth-order valence-electron chi connectivity index (χ4n) is 2.75. The Kier molecular flexibility index (Phi) is 4.36. The maximum Gasteiger partial charge on any atom is 0.434 e. The summed E-state index contributed by atoms with van der Waals surface area (Å²) >= 11 is 1.04. The first-order chi connectivity index (χ1) is 11.6. The van der Waals surface area contributed by atoms with E-state index in [1.54, 1.807) is 11.4 Å². The van der Waals surface area contributed by atoms with Gasteiger partial charge >= 0.3 is 6.18 Å². The van der Waals surface area contributed by atoms with Gasteiger partial charge in [0.1, 0.15) is 4.21 Å². The molecule has 0 radical (unpaired) electrons. The number of carbonyl (C=O) groups is 1. The topological polar surface area (TPSA) is 76.1 Å². The van der Waals surface area contributed by atoms with Crippen LogP contribution in [0, 0.1) is 0 Å². The lowest BCUT2D eigenvalue weighted by molar-refractivity contribution is -0.141. The zero-order valence-electron chi connectivity index (χ0n) is 12.9. The first-order valence-corrected chi connectivity index (χ1v) is 9.69. The molecule has 0 unspecified atom stereocenters. The Morgan fingerprint density at radius 3 is 2.76 bits per heavy atom. The van der Waals surface area contributed by atoms with Crippen molar-refractivity contribution in [3.05, 3.63) is 46.6 Å². The molecule has 134 valence electrons. The largest absolute Gasteiger partial charge is 0.434 e. The molecule has 2 aromatic heterocycles. The summed E-state index contributed by atoms with van der Waals surface area (Å²) in [7, 11) is -3.47. The molecule has 0 aromatic carbocycles. The Bertz CT molecular complexity index is 922. The van der Waals surface area contributed by atoms with Gasteiger partial charge in [-0.15, -0.1) is 11.3 Å². The van der Waals surface area contributed by atoms with Gasteiger partial charge in [-0.2, -0.15) is 13.2 Å². The van der Waals surface area contributed by atoms with Crippen LogP contribution < -0.4 is 5.32 Å². The van der Waals surface area contributed by atoms with Gasteiger partial charge in [-0.25, -0.2) is 8.42 Å². The molecule has 0 bridgehead atoms. The van der Waals surface area contributed by atoms with E-state index in [9.17, 15) is 26.4 Å². The Labute approximate surface area is 145 Å². The molecule has 3 heterocycles. The smallest absolute Gasteiger partial charge is 0.345 e. The van der Waals surface area contributed by atoms with Gasteiger partial charge in [-0.1, -0.05) is 0 Å². The molecule has 1 amide bonds. The highest BCUT2D eigenvalue weighted by Gasteiger charge is 2.40. The number of hydrogen-bond acceptors (Lipinski definition) is 5. The lowest BCUT2D eigenvalue weighted by atomic mass is 10.0. The third kappa shape index (κ3) is 3.15. The highest BCUT2D eigenvalue weighted by Crippen LogP contribution is 2.40. The van der Waals surface area contributed by atoms with E-state index in [0.29, 0.717) is 5.56 Å². The summed E-state index contributed by atoms with van der Waals surface area (Å²) in [5.41, 5.74) is -1.45. The number of sulfone groups is 1. The standard InChI is InChI=1S/C15H13F3N2O3S2/c1-8-7-11(9-4-6-24-14(9)25(8,22)23)20-13(21)10-3-2-5-19-12(10)15(16,17)18/h2-6,8,11H,7H2,1H3,(H,20,21)/t8-,11-/m0/s1. The first kappa shape index (κ1) is 17.9. The van der Waals surface area contributed by atoms with E-state index < -0.39 is 44.5 Å². The second-order valence-electron chi connectivity index (χ2n) is 5.68. The van der Waals surface area contributed by atoms with E-state index in [2.05, 4.69) is 10.3 Å². The second kappa shape index (κ2) is 6.10. The van der Waals surface area contributed by atoms with Crippen LogP contribution in [0.1, 0.15) is 41.0 Å². The minimum absolute atomic E-state index is 0.0966. The van der Waals surface area contributed by atoms with Crippen molar-refractivity contribution in [3.8, 4) is 0 Å². The van der Waals surface area contributed by atoms with Crippen LogP contribution in [0.3, 0.4) is 0 Å². The summed E-state index contributed by atoms with van der Waals surface area (Å²) in [4.78, 5) is 15.6. The normalized spacial score (nSPS) is 22.2.